The maximum absolute atomic E-state index is 11.1. The average molecular weight is 475 g/mol. The molecule has 0 aliphatic carbocycles. The molecule has 0 heterocycles. The second kappa shape index (κ2) is 22.1. The topological polar surface area (TPSA) is 72.8 Å². The highest BCUT2D eigenvalue weighted by Crippen LogP contribution is 2.36. The summed E-state index contributed by atoms with van der Waals surface area (Å²) in [4.78, 5) is 22.2. The van der Waals surface area contributed by atoms with E-state index in [0.29, 0.717) is 12.8 Å². The molecule has 0 amide bonds. The van der Waals surface area contributed by atoms with E-state index in [9.17, 15) is 14.7 Å². The zero-order chi connectivity index (χ0) is 23.9. The van der Waals surface area contributed by atoms with Gasteiger partial charge in [-0.2, -0.15) is 11.8 Å². The summed E-state index contributed by atoms with van der Waals surface area (Å²) in [6.07, 6.45) is 20.2. The molecule has 0 aliphatic heterocycles. The fourth-order valence-corrected chi connectivity index (χ4v) is 5.23. The molecule has 0 bridgehead atoms. The van der Waals surface area contributed by atoms with Crippen LogP contribution in [0.5, 0.6) is 0 Å². The first kappa shape index (κ1) is 31.2. The van der Waals surface area contributed by atoms with Gasteiger partial charge in [-0.1, -0.05) is 84.0 Å². The van der Waals surface area contributed by atoms with Crippen LogP contribution in [0, 0.1) is 0 Å². The molecule has 0 saturated heterocycles. The van der Waals surface area contributed by atoms with Gasteiger partial charge in [-0.05, 0) is 25.7 Å². The number of aliphatic hydroxyl groups excluding tert-OH is 1. The van der Waals surface area contributed by atoms with Crippen LogP contribution in [0.2, 0.25) is 0 Å². The molecule has 32 heavy (non-hydrogen) atoms. The number of aliphatic hydroxyl groups is 1. The summed E-state index contributed by atoms with van der Waals surface area (Å²) in [5.41, 5.74) is 0. The summed E-state index contributed by atoms with van der Waals surface area (Å²) in [6, 6.07) is 0. The molecular formula is C26H50O5S. The Morgan fingerprint density at radius 3 is 1.34 bits per heavy atom. The molecule has 0 saturated carbocycles. The Hall–Kier alpha value is -0.750. The van der Waals surface area contributed by atoms with Crippen LogP contribution < -0.4 is 0 Å². The first-order valence-electron chi connectivity index (χ1n) is 12.9. The lowest BCUT2D eigenvalue weighted by molar-refractivity contribution is -0.141. The molecule has 0 aliphatic rings. The van der Waals surface area contributed by atoms with Gasteiger partial charge in [-0.25, -0.2) is 0 Å². The number of esters is 2. The number of thioether (sulfide) groups is 1. The minimum Gasteiger partial charge on any atom is -0.469 e. The van der Waals surface area contributed by atoms with Crippen molar-refractivity contribution in [1.29, 1.82) is 0 Å². The van der Waals surface area contributed by atoms with E-state index in [2.05, 4.69) is 16.4 Å². The molecule has 0 aromatic rings. The Bertz CT molecular complexity index is 457. The van der Waals surface area contributed by atoms with Crippen molar-refractivity contribution in [2.45, 2.75) is 127 Å². The Labute approximate surface area is 201 Å². The molecule has 0 radical (unpaired) electrons. The molecule has 0 aromatic heterocycles. The van der Waals surface area contributed by atoms with E-state index in [-0.39, 0.29) is 23.3 Å². The zero-order valence-corrected chi connectivity index (χ0v) is 21.9. The molecule has 0 fully saturated rings. The Morgan fingerprint density at radius 1 is 0.656 bits per heavy atom. The van der Waals surface area contributed by atoms with Crippen molar-refractivity contribution in [2.24, 2.45) is 0 Å². The van der Waals surface area contributed by atoms with Crippen molar-refractivity contribution in [1.82, 2.24) is 0 Å². The van der Waals surface area contributed by atoms with E-state index in [4.69, 9.17) is 0 Å². The Balaban J connectivity index is 3.79. The lowest BCUT2D eigenvalue weighted by Crippen LogP contribution is -2.21. The Morgan fingerprint density at radius 2 is 1.00 bits per heavy atom. The van der Waals surface area contributed by atoms with Crippen LogP contribution in [-0.4, -0.2) is 48.4 Å². The first-order valence-corrected chi connectivity index (χ1v) is 13.8. The fraction of sp³-hybridized carbons (Fsp3) is 0.923. The van der Waals surface area contributed by atoms with Crippen LogP contribution in [0.4, 0.5) is 0 Å². The van der Waals surface area contributed by atoms with Gasteiger partial charge in [-0.15, -0.1) is 0 Å². The highest BCUT2D eigenvalue weighted by atomic mass is 32.2. The van der Waals surface area contributed by atoms with Crippen LogP contribution >= 0.6 is 11.8 Å². The predicted octanol–water partition coefficient (Wildman–Crippen LogP) is 6.84. The molecule has 0 spiro atoms. The summed E-state index contributed by atoms with van der Waals surface area (Å²) in [6.45, 7) is 2.64. The second-order valence-corrected chi connectivity index (χ2v) is 10.8. The van der Waals surface area contributed by atoms with Crippen molar-refractivity contribution in [2.75, 3.05) is 26.6 Å². The van der Waals surface area contributed by atoms with E-state index in [0.717, 1.165) is 31.4 Å². The summed E-state index contributed by atoms with van der Waals surface area (Å²) in [7, 11) is 2.90. The molecule has 1 N–H and O–H groups in total. The first-order chi connectivity index (χ1) is 15.5. The summed E-state index contributed by atoms with van der Waals surface area (Å²) in [5.74, 6) is 0.635. The standard InChI is InChI=1S/C26H50O5S/c1-26(32-23-22-27,21-17-13-9-7-11-15-19-25(29)31-3)20-16-12-8-5-4-6-10-14-18-24(28)30-2/h27H,4-23H2,1-3H3. The van der Waals surface area contributed by atoms with Crippen molar-refractivity contribution in [3.05, 3.63) is 0 Å². The minimum atomic E-state index is -0.0997. The third kappa shape index (κ3) is 19.9. The number of hydrogen-bond donors (Lipinski definition) is 1. The number of carbonyl (C=O) groups is 2. The fourth-order valence-electron chi connectivity index (χ4n) is 4.07. The van der Waals surface area contributed by atoms with Crippen molar-refractivity contribution < 1.29 is 24.2 Å². The molecule has 0 aromatic carbocycles. The molecular weight excluding hydrogens is 424 g/mol. The van der Waals surface area contributed by atoms with Gasteiger partial charge in [0.25, 0.3) is 0 Å². The molecule has 5 nitrogen and oxygen atoms in total. The number of hydrogen-bond acceptors (Lipinski definition) is 6. The van der Waals surface area contributed by atoms with Crippen LogP contribution in [0.3, 0.4) is 0 Å². The highest BCUT2D eigenvalue weighted by molar-refractivity contribution is 8.00. The minimum absolute atomic E-state index is 0.0947. The van der Waals surface area contributed by atoms with E-state index in [1.165, 1.54) is 91.3 Å². The lowest BCUT2D eigenvalue weighted by atomic mass is 9.94. The summed E-state index contributed by atoms with van der Waals surface area (Å²) < 4.78 is 9.62. The van der Waals surface area contributed by atoms with Crippen molar-refractivity contribution in [3.63, 3.8) is 0 Å². The van der Waals surface area contributed by atoms with E-state index in [1.54, 1.807) is 0 Å². The molecule has 1 atom stereocenters. The molecule has 190 valence electrons. The average Bonchev–Trinajstić information content (AvgIpc) is 2.80. The van der Waals surface area contributed by atoms with Crippen LogP contribution in [0.1, 0.15) is 122 Å². The van der Waals surface area contributed by atoms with Gasteiger partial charge in [0.05, 0.1) is 20.8 Å². The quantitative estimate of drug-likeness (QED) is 0.129. The second-order valence-electron chi connectivity index (χ2n) is 9.12. The van der Waals surface area contributed by atoms with Gasteiger partial charge < -0.3 is 14.6 Å². The zero-order valence-electron chi connectivity index (χ0n) is 21.1. The van der Waals surface area contributed by atoms with Crippen LogP contribution in [0.25, 0.3) is 0 Å². The summed E-state index contributed by atoms with van der Waals surface area (Å²) in [5, 5.41) is 9.27. The third-order valence-corrected chi connectivity index (χ3v) is 7.66. The van der Waals surface area contributed by atoms with Gasteiger partial charge in [0.15, 0.2) is 0 Å². The monoisotopic (exact) mass is 474 g/mol. The molecule has 1 unspecified atom stereocenters. The maximum atomic E-state index is 11.1. The number of unbranched alkanes of at least 4 members (excludes halogenated alkanes) is 12. The number of rotatable bonds is 23. The SMILES string of the molecule is COC(=O)CCCCCCCCCCC(C)(CCCCCCCCC(=O)OC)SCCO. The molecule has 0 rings (SSSR count). The largest absolute Gasteiger partial charge is 0.469 e. The number of methoxy groups -OCH3 is 2. The van der Waals surface area contributed by atoms with E-state index < -0.39 is 0 Å². The van der Waals surface area contributed by atoms with Crippen LogP contribution in [0.15, 0.2) is 0 Å². The third-order valence-electron chi connectivity index (χ3n) is 6.17. The normalized spacial score (nSPS) is 13.0. The molecule has 6 heteroatoms. The smallest absolute Gasteiger partial charge is 0.305 e. The van der Waals surface area contributed by atoms with Gasteiger partial charge >= 0.3 is 11.9 Å². The van der Waals surface area contributed by atoms with Gasteiger partial charge in [0.2, 0.25) is 0 Å². The van der Waals surface area contributed by atoms with Crippen molar-refractivity contribution in [3.8, 4) is 0 Å². The highest BCUT2D eigenvalue weighted by Gasteiger charge is 2.23. The maximum Gasteiger partial charge on any atom is 0.305 e. The van der Waals surface area contributed by atoms with E-state index >= 15 is 0 Å². The van der Waals surface area contributed by atoms with E-state index in [1.807, 2.05) is 11.8 Å². The van der Waals surface area contributed by atoms with Gasteiger partial charge in [-0.3, -0.25) is 9.59 Å². The van der Waals surface area contributed by atoms with Crippen molar-refractivity contribution >= 4 is 23.7 Å². The predicted molar refractivity (Wildman–Crippen MR) is 135 cm³/mol. The van der Waals surface area contributed by atoms with Gasteiger partial charge in [0.1, 0.15) is 0 Å². The number of ether oxygens (including phenoxy) is 2. The lowest BCUT2D eigenvalue weighted by Gasteiger charge is -2.29. The number of carbonyl (C=O) groups excluding carboxylic acids is 2. The van der Waals surface area contributed by atoms with Gasteiger partial charge in [0, 0.05) is 23.3 Å². The summed E-state index contributed by atoms with van der Waals surface area (Å²) >= 11 is 1.94. The Kier molecular flexibility index (Phi) is 21.5. The van der Waals surface area contributed by atoms with Crippen LogP contribution in [-0.2, 0) is 19.1 Å².